The lowest BCUT2D eigenvalue weighted by Gasteiger charge is -2.23. The average molecular weight is 215 g/mol. The third-order valence-electron chi connectivity index (χ3n) is 2.06. The summed E-state index contributed by atoms with van der Waals surface area (Å²) in [5.74, 6) is 0. The summed E-state index contributed by atoms with van der Waals surface area (Å²) in [6, 6.07) is 0.123. The maximum absolute atomic E-state index is 11.4. The summed E-state index contributed by atoms with van der Waals surface area (Å²) in [5, 5.41) is 5.13. The van der Waals surface area contributed by atoms with Crippen LogP contribution in [-0.2, 0) is 0 Å². The van der Waals surface area contributed by atoms with Crippen LogP contribution in [0.3, 0.4) is 0 Å². The predicted octanol–water partition coefficient (Wildman–Crippen LogP) is 2.23. The molecule has 1 aromatic heterocycles. The van der Waals surface area contributed by atoms with Gasteiger partial charge in [0, 0.05) is 6.04 Å². The smallest absolute Gasteiger partial charge is 0.272 e. The number of rotatable bonds is 2. The zero-order valence-electron chi connectivity index (χ0n) is 9.05. The molecule has 1 aromatic rings. The van der Waals surface area contributed by atoms with Crippen molar-refractivity contribution in [3.8, 4) is 0 Å². The molecule has 0 saturated carbocycles. The van der Waals surface area contributed by atoms with Crippen molar-refractivity contribution in [2.75, 3.05) is 0 Å². The van der Waals surface area contributed by atoms with Crippen LogP contribution in [0.5, 0.6) is 0 Å². The van der Waals surface area contributed by atoms with Crippen LogP contribution in [0.15, 0.2) is 4.79 Å². The summed E-state index contributed by atoms with van der Waals surface area (Å²) in [6.07, 6.45) is 0.919. The molecule has 0 aliphatic carbocycles. The van der Waals surface area contributed by atoms with Gasteiger partial charge in [-0.2, -0.15) is 0 Å². The van der Waals surface area contributed by atoms with Gasteiger partial charge in [-0.1, -0.05) is 20.8 Å². The second-order valence-electron chi connectivity index (χ2n) is 4.84. The molecule has 4 nitrogen and oxygen atoms in total. The van der Waals surface area contributed by atoms with E-state index in [1.54, 1.807) is 4.57 Å². The lowest BCUT2D eigenvalue weighted by molar-refractivity contribution is 0.301. The van der Waals surface area contributed by atoms with Crippen molar-refractivity contribution < 1.29 is 0 Å². The SMILES string of the molecule is CC(CC(C)(C)C)n1c(=O)[nH][nH]c1=S. The summed E-state index contributed by atoms with van der Waals surface area (Å²) >= 11 is 5.01. The van der Waals surface area contributed by atoms with Gasteiger partial charge < -0.3 is 0 Å². The van der Waals surface area contributed by atoms with E-state index in [2.05, 4.69) is 31.0 Å². The molecule has 5 heteroatoms. The monoisotopic (exact) mass is 215 g/mol. The van der Waals surface area contributed by atoms with Crippen LogP contribution < -0.4 is 5.69 Å². The Labute approximate surface area is 88.3 Å². The van der Waals surface area contributed by atoms with Crippen LogP contribution in [0.25, 0.3) is 0 Å². The molecule has 0 radical (unpaired) electrons. The molecule has 0 bridgehead atoms. The van der Waals surface area contributed by atoms with Gasteiger partial charge in [-0.25, -0.2) is 9.89 Å². The van der Waals surface area contributed by atoms with Gasteiger partial charge in [-0.05, 0) is 31.0 Å². The minimum absolute atomic E-state index is 0.123. The number of hydrogen-bond donors (Lipinski definition) is 2. The molecule has 0 aromatic carbocycles. The molecule has 2 N–H and O–H groups in total. The second kappa shape index (κ2) is 3.73. The van der Waals surface area contributed by atoms with E-state index in [0.29, 0.717) is 4.77 Å². The Morgan fingerprint density at radius 2 is 2.00 bits per heavy atom. The maximum atomic E-state index is 11.4. The minimum Gasteiger partial charge on any atom is -0.272 e. The van der Waals surface area contributed by atoms with E-state index in [1.165, 1.54) is 0 Å². The largest absolute Gasteiger partial charge is 0.342 e. The van der Waals surface area contributed by atoms with Gasteiger partial charge in [-0.15, -0.1) is 0 Å². The Morgan fingerprint density at radius 3 is 2.36 bits per heavy atom. The predicted molar refractivity (Wildman–Crippen MR) is 59.0 cm³/mol. The van der Waals surface area contributed by atoms with E-state index in [-0.39, 0.29) is 17.1 Å². The lowest BCUT2D eigenvalue weighted by atomic mass is 9.89. The van der Waals surface area contributed by atoms with E-state index < -0.39 is 0 Å². The summed E-state index contributed by atoms with van der Waals surface area (Å²) in [6.45, 7) is 8.44. The third-order valence-corrected chi connectivity index (χ3v) is 2.36. The number of nitrogens with one attached hydrogen (secondary N) is 2. The van der Waals surface area contributed by atoms with Crippen LogP contribution in [0.4, 0.5) is 0 Å². The quantitative estimate of drug-likeness (QED) is 0.743. The fourth-order valence-corrected chi connectivity index (χ4v) is 2.01. The molecule has 1 atom stereocenters. The maximum Gasteiger partial charge on any atom is 0.342 e. The van der Waals surface area contributed by atoms with Crippen molar-refractivity contribution >= 4 is 12.2 Å². The van der Waals surface area contributed by atoms with Crippen molar-refractivity contribution in [1.29, 1.82) is 0 Å². The molecule has 0 amide bonds. The fourth-order valence-electron chi connectivity index (χ4n) is 1.70. The molecule has 0 aliphatic rings. The second-order valence-corrected chi connectivity index (χ2v) is 5.23. The molecule has 0 spiro atoms. The number of H-pyrrole nitrogens is 2. The summed E-state index contributed by atoms with van der Waals surface area (Å²) in [7, 11) is 0. The van der Waals surface area contributed by atoms with Gasteiger partial charge in [-0.3, -0.25) is 9.67 Å². The molecule has 0 aliphatic heterocycles. The van der Waals surface area contributed by atoms with Gasteiger partial charge in [0.1, 0.15) is 0 Å². The van der Waals surface area contributed by atoms with E-state index >= 15 is 0 Å². The number of hydrogen-bond acceptors (Lipinski definition) is 2. The molecule has 1 unspecified atom stereocenters. The van der Waals surface area contributed by atoms with Gasteiger partial charge in [0.05, 0.1) is 0 Å². The molecular weight excluding hydrogens is 198 g/mol. The van der Waals surface area contributed by atoms with Crippen molar-refractivity contribution in [2.24, 2.45) is 5.41 Å². The normalized spacial score (nSPS) is 14.3. The molecular formula is C9H17N3OS. The highest BCUT2D eigenvalue weighted by atomic mass is 32.1. The summed E-state index contributed by atoms with van der Waals surface area (Å²) in [5.41, 5.74) is 0.0319. The molecule has 1 rings (SSSR count). The molecule has 14 heavy (non-hydrogen) atoms. The fraction of sp³-hybridized carbons (Fsp3) is 0.778. The van der Waals surface area contributed by atoms with Crippen LogP contribution in [0.1, 0.15) is 40.2 Å². The van der Waals surface area contributed by atoms with E-state index in [4.69, 9.17) is 12.2 Å². The Bertz CT molecular complexity index is 379. The highest BCUT2D eigenvalue weighted by molar-refractivity contribution is 7.71. The molecule has 80 valence electrons. The average Bonchev–Trinajstić information content (AvgIpc) is 2.27. The summed E-state index contributed by atoms with van der Waals surface area (Å²) in [4.78, 5) is 11.4. The van der Waals surface area contributed by atoms with Gasteiger partial charge in [0.15, 0.2) is 4.77 Å². The van der Waals surface area contributed by atoms with Crippen molar-refractivity contribution in [2.45, 2.75) is 40.2 Å². The Balaban J connectivity index is 2.96. The van der Waals surface area contributed by atoms with Crippen LogP contribution in [-0.4, -0.2) is 14.8 Å². The van der Waals surface area contributed by atoms with Crippen molar-refractivity contribution in [1.82, 2.24) is 14.8 Å². The van der Waals surface area contributed by atoms with Gasteiger partial charge in [0.2, 0.25) is 0 Å². The Hall–Kier alpha value is -0.840. The highest BCUT2D eigenvalue weighted by Gasteiger charge is 2.18. The summed E-state index contributed by atoms with van der Waals surface area (Å²) < 4.78 is 2.05. The topological polar surface area (TPSA) is 53.6 Å². The minimum atomic E-state index is -0.160. The van der Waals surface area contributed by atoms with Crippen molar-refractivity contribution in [3.05, 3.63) is 15.3 Å². The van der Waals surface area contributed by atoms with Crippen molar-refractivity contribution in [3.63, 3.8) is 0 Å². The number of aromatic amines is 2. The van der Waals surface area contributed by atoms with Gasteiger partial charge >= 0.3 is 5.69 Å². The molecule has 0 fully saturated rings. The van der Waals surface area contributed by atoms with E-state index in [1.807, 2.05) is 6.92 Å². The lowest BCUT2D eigenvalue weighted by Crippen LogP contribution is -2.24. The van der Waals surface area contributed by atoms with Crippen LogP contribution >= 0.6 is 12.2 Å². The number of nitrogens with zero attached hydrogens (tertiary/aromatic N) is 1. The van der Waals surface area contributed by atoms with E-state index in [9.17, 15) is 4.79 Å². The van der Waals surface area contributed by atoms with Crippen LogP contribution in [0.2, 0.25) is 0 Å². The molecule has 0 saturated heterocycles. The van der Waals surface area contributed by atoms with E-state index in [0.717, 1.165) is 6.42 Å². The highest BCUT2D eigenvalue weighted by Crippen LogP contribution is 2.26. The first-order valence-electron chi connectivity index (χ1n) is 4.70. The first-order valence-corrected chi connectivity index (χ1v) is 5.11. The Kier molecular flexibility index (Phi) is 2.99. The van der Waals surface area contributed by atoms with Gasteiger partial charge in [0.25, 0.3) is 0 Å². The van der Waals surface area contributed by atoms with Crippen LogP contribution in [0, 0.1) is 10.2 Å². The zero-order chi connectivity index (χ0) is 10.9. The molecule has 1 heterocycles. The first kappa shape index (κ1) is 11.2. The standard InChI is InChI=1S/C9H17N3OS/c1-6(5-9(2,3)4)12-7(13)10-11-8(12)14/h6H,5H2,1-4H3,(H,10,13)(H,11,14). The third kappa shape index (κ3) is 2.57. The zero-order valence-corrected chi connectivity index (χ0v) is 9.86. The Morgan fingerprint density at radius 1 is 1.43 bits per heavy atom. The number of aromatic nitrogens is 3. The first-order chi connectivity index (χ1) is 6.31.